The summed E-state index contributed by atoms with van der Waals surface area (Å²) in [6, 6.07) is 8.23. The first-order valence-electron chi connectivity index (χ1n) is 5.13. The maximum atomic E-state index is 11.3. The number of hydrogen-bond acceptors (Lipinski definition) is 1. The van der Waals surface area contributed by atoms with Crippen LogP contribution in [-0.4, -0.2) is 11.9 Å². The first kappa shape index (κ1) is 11.5. The number of carbonyl (C=O) groups is 1. The summed E-state index contributed by atoms with van der Waals surface area (Å²) in [6.45, 7) is 5.92. The molecule has 0 bridgehead atoms. The van der Waals surface area contributed by atoms with Gasteiger partial charge in [0.05, 0.1) is 0 Å². The molecule has 0 fully saturated rings. The SMILES string of the molecule is Cc1ccc(C=CC(=O)NC(C)C)cc1. The maximum Gasteiger partial charge on any atom is 0.244 e. The second-order valence-electron chi connectivity index (χ2n) is 3.91. The highest BCUT2D eigenvalue weighted by molar-refractivity contribution is 5.91. The predicted molar refractivity (Wildman–Crippen MR) is 63.5 cm³/mol. The summed E-state index contributed by atoms with van der Waals surface area (Å²) in [4.78, 5) is 11.3. The largest absolute Gasteiger partial charge is 0.350 e. The molecule has 2 nitrogen and oxygen atoms in total. The summed E-state index contributed by atoms with van der Waals surface area (Å²) in [5, 5.41) is 2.80. The van der Waals surface area contributed by atoms with Crippen molar-refractivity contribution < 1.29 is 4.79 Å². The van der Waals surface area contributed by atoms with E-state index < -0.39 is 0 Å². The highest BCUT2D eigenvalue weighted by Crippen LogP contribution is 2.04. The lowest BCUT2D eigenvalue weighted by Crippen LogP contribution is -2.28. The summed E-state index contributed by atoms with van der Waals surface area (Å²) in [7, 11) is 0. The Hall–Kier alpha value is -1.57. The van der Waals surface area contributed by atoms with Crippen LogP contribution < -0.4 is 5.32 Å². The summed E-state index contributed by atoms with van der Waals surface area (Å²) in [6.07, 6.45) is 3.38. The fourth-order valence-electron chi connectivity index (χ4n) is 1.18. The lowest BCUT2D eigenvalue weighted by molar-refractivity contribution is -0.116. The average Bonchev–Trinajstić information content (AvgIpc) is 2.16. The van der Waals surface area contributed by atoms with Crippen LogP contribution in [0.1, 0.15) is 25.0 Å². The van der Waals surface area contributed by atoms with Crippen LogP contribution in [0.5, 0.6) is 0 Å². The van der Waals surface area contributed by atoms with Gasteiger partial charge in [-0.25, -0.2) is 0 Å². The first-order chi connectivity index (χ1) is 7.08. The summed E-state index contributed by atoms with van der Waals surface area (Å²) in [5.41, 5.74) is 2.26. The van der Waals surface area contributed by atoms with Crippen LogP contribution in [0.15, 0.2) is 30.3 Å². The van der Waals surface area contributed by atoms with Crippen molar-refractivity contribution >= 4 is 12.0 Å². The van der Waals surface area contributed by atoms with E-state index in [1.54, 1.807) is 6.08 Å². The number of carbonyl (C=O) groups excluding carboxylic acids is 1. The van der Waals surface area contributed by atoms with E-state index in [-0.39, 0.29) is 11.9 Å². The van der Waals surface area contributed by atoms with Gasteiger partial charge < -0.3 is 5.32 Å². The van der Waals surface area contributed by atoms with Gasteiger partial charge in [0.25, 0.3) is 0 Å². The zero-order valence-corrected chi connectivity index (χ0v) is 9.45. The van der Waals surface area contributed by atoms with Gasteiger partial charge >= 0.3 is 0 Å². The van der Waals surface area contributed by atoms with Crippen molar-refractivity contribution in [3.05, 3.63) is 41.5 Å². The molecule has 0 aliphatic carbocycles. The number of aryl methyl sites for hydroxylation is 1. The fraction of sp³-hybridized carbons (Fsp3) is 0.308. The van der Waals surface area contributed by atoms with Crippen LogP contribution in [0.4, 0.5) is 0 Å². The van der Waals surface area contributed by atoms with E-state index in [4.69, 9.17) is 0 Å². The Bertz CT molecular complexity index is 349. The molecule has 1 aromatic rings. The van der Waals surface area contributed by atoms with Crippen LogP contribution in [-0.2, 0) is 4.79 Å². The van der Waals surface area contributed by atoms with E-state index in [2.05, 4.69) is 5.32 Å². The second kappa shape index (κ2) is 5.35. The molecule has 0 unspecified atom stereocenters. The minimum absolute atomic E-state index is 0.0504. The highest BCUT2D eigenvalue weighted by Gasteiger charge is 1.96. The van der Waals surface area contributed by atoms with Gasteiger partial charge in [-0.3, -0.25) is 4.79 Å². The summed E-state index contributed by atoms with van der Waals surface area (Å²) >= 11 is 0. The molecular formula is C13H17NO. The van der Waals surface area contributed by atoms with E-state index in [1.807, 2.05) is 51.1 Å². The van der Waals surface area contributed by atoms with Crippen LogP contribution in [0.3, 0.4) is 0 Å². The molecule has 2 heteroatoms. The first-order valence-corrected chi connectivity index (χ1v) is 5.13. The topological polar surface area (TPSA) is 29.1 Å². The molecule has 1 rings (SSSR count). The molecule has 0 aliphatic rings. The third-order valence-electron chi connectivity index (χ3n) is 1.94. The van der Waals surface area contributed by atoms with Gasteiger partial charge in [-0.1, -0.05) is 29.8 Å². The van der Waals surface area contributed by atoms with Crippen molar-refractivity contribution in [3.8, 4) is 0 Å². The predicted octanol–water partition coefficient (Wildman–Crippen LogP) is 2.53. The Morgan fingerprint density at radius 2 is 1.87 bits per heavy atom. The Labute approximate surface area is 91.0 Å². The number of amides is 1. The summed E-state index contributed by atoms with van der Waals surface area (Å²) < 4.78 is 0. The lowest BCUT2D eigenvalue weighted by atomic mass is 10.1. The minimum Gasteiger partial charge on any atom is -0.350 e. The van der Waals surface area contributed by atoms with Gasteiger partial charge in [0.2, 0.25) is 5.91 Å². The van der Waals surface area contributed by atoms with Gasteiger partial charge in [-0.05, 0) is 32.4 Å². The lowest BCUT2D eigenvalue weighted by Gasteiger charge is -2.04. The van der Waals surface area contributed by atoms with Crippen LogP contribution >= 0.6 is 0 Å². The minimum atomic E-state index is -0.0504. The Morgan fingerprint density at radius 1 is 1.27 bits per heavy atom. The van der Waals surface area contributed by atoms with Crippen LogP contribution in [0.25, 0.3) is 6.08 Å². The molecule has 80 valence electrons. The zero-order valence-electron chi connectivity index (χ0n) is 9.45. The van der Waals surface area contributed by atoms with Gasteiger partial charge in [0.15, 0.2) is 0 Å². The van der Waals surface area contributed by atoms with E-state index in [0.29, 0.717) is 0 Å². The fourth-order valence-corrected chi connectivity index (χ4v) is 1.18. The Kier molecular flexibility index (Phi) is 4.10. The van der Waals surface area contributed by atoms with Gasteiger partial charge in [0, 0.05) is 12.1 Å². The van der Waals surface area contributed by atoms with E-state index in [9.17, 15) is 4.79 Å². The molecule has 0 aliphatic heterocycles. The van der Waals surface area contributed by atoms with Crippen molar-refractivity contribution in [1.82, 2.24) is 5.32 Å². The quantitative estimate of drug-likeness (QED) is 0.751. The molecule has 0 radical (unpaired) electrons. The average molecular weight is 203 g/mol. The third kappa shape index (κ3) is 4.45. The molecule has 0 atom stereocenters. The number of benzene rings is 1. The molecule has 1 N–H and O–H groups in total. The van der Waals surface area contributed by atoms with Crippen molar-refractivity contribution in [2.45, 2.75) is 26.8 Å². The molecule has 0 spiro atoms. The normalized spacial score (nSPS) is 10.9. The van der Waals surface area contributed by atoms with E-state index in [1.165, 1.54) is 5.56 Å². The molecule has 0 saturated carbocycles. The van der Waals surface area contributed by atoms with Crippen LogP contribution in [0.2, 0.25) is 0 Å². The summed E-state index contributed by atoms with van der Waals surface area (Å²) in [5.74, 6) is -0.0504. The van der Waals surface area contributed by atoms with Gasteiger partial charge in [-0.15, -0.1) is 0 Å². The Morgan fingerprint density at radius 3 is 2.40 bits per heavy atom. The van der Waals surface area contributed by atoms with Crippen molar-refractivity contribution in [2.24, 2.45) is 0 Å². The van der Waals surface area contributed by atoms with Gasteiger partial charge in [0.1, 0.15) is 0 Å². The smallest absolute Gasteiger partial charge is 0.244 e. The molecule has 0 aromatic heterocycles. The molecular weight excluding hydrogens is 186 g/mol. The number of nitrogens with one attached hydrogen (secondary N) is 1. The maximum absolute atomic E-state index is 11.3. The zero-order chi connectivity index (χ0) is 11.3. The number of hydrogen-bond donors (Lipinski definition) is 1. The van der Waals surface area contributed by atoms with Crippen LogP contribution in [0, 0.1) is 6.92 Å². The molecule has 1 amide bonds. The Balaban J connectivity index is 2.57. The number of rotatable bonds is 3. The molecule has 1 aromatic carbocycles. The third-order valence-corrected chi connectivity index (χ3v) is 1.94. The standard InChI is InChI=1S/C13H17NO/c1-10(2)14-13(15)9-8-12-6-4-11(3)5-7-12/h4-10H,1-3H3,(H,14,15). The second-order valence-corrected chi connectivity index (χ2v) is 3.91. The van der Waals surface area contributed by atoms with Gasteiger partial charge in [-0.2, -0.15) is 0 Å². The van der Waals surface area contributed by atoms with Crippen molar-refractivity contribution in [1.29, 1.82) is 0 Å². The van der Waals surface area contributed by atoms with E-state index >= 15 is 0 Å². The molecule has 0 saturated heterocycles. The molecule has 0 heterocycles. The monoisotopic (exact) mass is 203 g/mol. The van der Waals surface area contributed by atoms with Crippen molar-refractivity contribution in [2.75, 3.05) is 0 Å². The van der Waals surface area contributed by atoms with E-state index in [0.717, 1.165) is 5.56 Å². The highest BCUT2D eigenvalue weighted by atomic mass is 16.1. The molecule has 15 heavy (non-hydrogen) atoms. The van der Waals surface area contributed by atoms with Crippen molar-refractivity contribution in [3.63, 3.8) is 0 Å².